The molecule has 0 unspecified atom stereocenters. The summed E-state index contributed by atoms with van der Waals surface area (Å²) in [5.41, 5.74) is -1.03. The van der Waals surface area contributed by atoms with Gasteiger partial charge in [0.1, 0.15) is 12.1 Å². The van der Waals surface area contributed by atoms with E-state index in [1.165, 1.54) is 0 Å². The molecule has 16 heavy (non-hydrogen) atoms. The number of rotatable bonds is 8. The van der Waals surface area contributed by atoms with Crippen molar-refractivity contribution >= 4 is 11.9 Å². The Labute approximate surface area is 93.9 Å². The monoisotopic (exact) mass is 231 g/mol. The predicted octanol–water partition coefficient (Wildman–Crippen LogP) is -0.227. The molecule has 1 rings (SSSR count). The molecule has 0 saturated heterocycles. The number of carboxylic acids is 1. The molecule has 0 aromatic rings. The summed E-state index contributed by atoms with van der Waals surface area (Å²) >= 11 is 0. The van der Waals surface area contributed by atoms with Crippen molar-refractivity contribution in [1.29, 1.82) is 0 Å². The highest BCUT2D eigenvalue weighted by Gasteiger charge is 2.51. The SMILES string of the molecule is CCOCCOCC(=O)NC1(C(=O)O)CC1. The molecule has 0 aromatic carbocycles. The highest BCUT2D eigenvalue weighted by atomic mass is 16.5. The van der Waals surface area contributed by atoms with E-state index in [-0.39, 0.29) is 6.61 Å². The van der Waals surface area contributed by atoms with Crippen molar-refractivity contribution in [2.75, 3.05) is 26.4 Å². The maximum atomic E-state index is 11.3. The topological polar surface area (TPSA) is 84.9 Å². The van der Waals surface area contributed by atoms with Crippen molar-refractivity contribution in [2.24, 2.45) is 0 Å². The van der Waals surface area contributed by atoms with Crippen LogP contribution in [0.15, 0.2) is 0 Å². The minimum atomic E-state index is -1.03. The van der Waals surface area contributed by atoms with Gasteiger partial charge in [0.05, 0.1) is 13.2 Å². The van der Waals surface area contributed by atoms with Gasteiger partial charge in [-0.2, -0.15) is 0 Å². The molecule has 2 N–H and O–H groups in total. The number of hydrogen-bond acceptors (Lipinski definition) is 4. The van der Waals surface area contributed by atoms with Crippen LogP contribution < -0.4 is 5.32 Å². The number of aliphatic carboxylic acids is 1. The molecule has 0 spiro atoms. The Balaban J connectivity index is 2.10. The van der Waals surface area contributed by atoms with Crippen molar-refractivity contribution in [3.05, 3.63) is 0 Å². The lowest BCUT2D eigenvalue weighted by Gasteiger charge is -2.12. The van der Waals surface area contributed by atoms with Crippen LogP contribution in [0.2, 0.25) is 0 Å². The fraction of sp³-hybridized carbons (Fsp3) is 0.800. The first-order valence-corrected chi connectivity index (χ1v) is 5.30. The smallest absolute Gasteiger partial charge is 0.329 e. The molecular formula is C10H17NO5. The van der Waals surface area contributed by atoms with Crippen LogP contribution in [-0.2, 0) is 19.1 Å². The molecule has 0 heterocycles. The standard InChI is InChI=1S/C10H17NO5/c1-2-15-5-6-16-7-8(12)11-10(3-4-10)9(13)14/h2-7H2,1H3,(H,11,12)(H,13,14). The first-order valence-electron chi connectivity index (χ1n) is 5.30. The van der Waals surface area contributed by atoms with Crippen LogP contribution in [0.1, 0.15) is 19.8 Å². The molecule has 1 saturated carbocycles. The highest BCUT2D eigenvalue weighted by molar-refractivity contribution is 5.89. The van der Waals surface area contributed by atoms with Crippen molar-refractivity contribution < 1.29 is 24.2 Å². The Morgan fingerprint density at radius 3 is 2.44 bits per heavy atom. The number of amides is 1. The van der Waals surface area contributed by atoms with Gasteiger partial charge < -0.3 is 19.9 Å². The summed E-state index contributed by atoms with van der Waals surface area (Å²) < 4.78 is 10.0. The van der Waals surface area contributed by atoms with Crippen LogP contribution in [0.4, 0.5) is 0 Å². The van der Waals surface area contributed by atoms with E-state index in [1.54, 1.807) is 0 Å². The third kappa shape index (κ3) is 3.79. The van der Waals surface area contributed by atoms with E-state index in [9.17, 15) is 9.59 Å². The highest BCUT2D eigenvalue weighted by Crippen LogP contribution is 2.35. The Kier molecular flexibility index (Phi) is 4.70. The van der Waals surface area contributed by atoms with Gasteiger partial charge in [0.2, 0.25) is 5.91 Å². The van der Waals surface area contributed by atoms with Crippen LogP contribution in [0.3, 0.4) is 0 Å². The van der Waals surface area contributed by atoms with Crippen LogP contribution in [-0.4, -0.2) is 48.9 Å². The Hall–Kier alpha value is -1.14. The number of hydrogen-bond donors (Lipinski definition) is 2. The number of carbonyl (C=O) groups excluding carboxylic acids is 1. The van der Waals surface area contributed by atoms with E-state index in [0.717, 1.165) is 0 Å². The molecule has 0 atom stereocenters. The lowest BCUT2D eigenvalue weighted by atomic mass is 10.3. The molecule has 1 aliphatic carbocycles. The molecule has 0 radical (unpaired) electrons. The van der Waals surface area contributed by atoms with Gasteiger partial charge in [0.25, 0.3) is 0 Å². The molecule has 0 aromatic heterocycles. The molecule has 1 aliphatic rings. The Morgan fingerprint density at radius 1 is 1.31 bits per heavy atom. The third-order valence-corrected chi connectivity index (χ3v) is 2.35. The molecule has 92 valence electrons. The van der Waals surface area contributed by atoms with Gasteiger partial charge in [-0.25, -0.2) is 4.79 Å². The lowest BCUT2D eigenvalue weighted by molar-refractivity contribution is -0.144. The van der Waals surface area contributed by atoms with Crippen LogP contribution >= 0.6 is 0 Å². The summed E-state index contributed by atoms with van der Waals surface area (Å²) in [7, 11) is 0. The van der Waals surface area contributed by atoms with E-state index in [2.05, 4.69) is 5.32 Å². The number of nitrogens with one attached hydrogen (secondary N) is 1. The summed E-state index contributed by atoms with van der Waals surface area (Å²) in [4.78, 5) is 22.1. The van der Waals surface area contributed by atoms with Crippen molar-refractivity contribution in [3.8, 4) is 0 Å². The largest absolute Gasteiger partial charge is 0.480 e. The molecule has 0 aliphatic heterocycles. The van der Waals surface area contributed by atoms with E-state index >= 15 is 0 Å². The first kappa shape index (κ1) is 12.9. The van der Waals surface area contributed by atoms with Crippen molar-refractivity contribution in [2.45, 2.75) is 25.3 Å². The number of carbonyl (C=O) groups is 2. The Bertz CT molecular complexity index is 262. The maximum Gasteiger partial charge on any atom is 0.329 e. The average Bonchev–Trinajstić information content (AvgIpc) is 2.98. The van der Waals surface area contributed by atoms with Gasteiger partial charge in [-0.15, -0.1) is 0 Å². The zero-order valence-corrected chi connectivity index (χ0v) is 9.32. The third-order valence-electron chi connectivity index (χ3n) is 2.35. The van der Waals surface area contributed by atoms with E-state index in [0.29, 0.717) is 32.7 Å². The summed E-state index contributed by atoms with van der Waals surface area (Å²) in [6.45, 7) is 3.13. The molecular weight excluding hydrogens is 214 g/mol. The van der Waals surface area contributed by atoms with Crippen LogP contribution in [0.5, 0.6) is 0 Å². The summed E-state index contributed by atoms with van der Waals surface area (Å²) in [6, 6.07) is 0. The number of carboxylic acid groups (broad SMARTS) is 1. The second kappa shape index (κ2) is 5.81. The molecule has 0 bridgehead atoms. The zero-order chi connectivity index (χ0) is 12.0. The van der Waals surface area contributed by atoms with Crippen molar-refractivity contribution in [1.82, 2.24) is 5.32 Å². The van der Waals surface area contributed by atoms with Gasteiger partial charge in [-0.05, 0) is 19.8 Å². The number of ether oxygens (including phenoxy) is 2. The maximum absolute atomic E-state index is 11.3. The van der Waals surface area contributed by atoms with Gasteiger partial charge >= 0.3 is 5.97 Å². The minimum Gasteiger partial charge on any atom is -0.480 e. The summed E-state index contributed by atoms with van der Waals surface area (Å²) in [5, 5.41) is 11.3. The normalized spacial score (nSPS) is 16.8. The van der Waals surface area contributed by atoms with E-state index in [4.69, 9.17) is 14.6 Å². The molecule has 6 nitrogen and oxygen atoms in total. The van der Waals surface area contributed by atoms with E-state index in [1.807, 2.05) is 6.92 Å². The second-order valence-corrected chi connectivity index (χ2v) is 3.68. The fourth-order valence-corrected chi connectivity index (χ4v) is 1.25. The van der Waals surface area contributed by atoms with Crippen LogP contribution in [0, 0.1) is 0 Å². The van der Waals surface area contributed by atoms with Gasteiger partial charge in [0.15, 0.2) is 0 Å². The quantitative estimate of drug-likeness (QED) is 0.564. The fourth-order valence-electron chi connectivity index (χ4n) is 1.25. The van der Waals surface area contributed by atoms with Crippen LogP contribution in [0.25, 0.3) is 0 Å². The lowest BCUT2D eigenvalue weighted by Crippen LogP contribution is -2.44. The molecule has 6 heteroatoms. The van der Waals surface area contributed by atoms with Crippen molar-refractivity contribution in [3.63, 3.8) is 0 Å². The average molecular weight is 231 g/mol. The Morgan fingerprint density at radius 2 is 1.94 bits per heavy atom. The van der Waals surface area contributed by atoms with Gasteiger partial charge in [-0.1, -0.05) is 0 Å². The van der Waals surface area contributed by atoms with Gasteiger partial charge in [0, 0.05) is 6.61 Å². The van der Waals surface area contributed by atoms with Gasteiger partial charge in [-0.3, -0.25) is 4.79 Å². The minimum absolute atomic E-state index is 0.123. The molecule has 1 fully saturated rings. The predicted molar refractivity (Wildman–Crippen MR) is 55.1 cm³/mol. The zero-order valence-electron chi connectivity index (χ0n) is 9.32. The summed E-state index contributed by atoms with van der Waals surface area (Å²) in [5.74, 6) is -1.37. The van der Waals surface area contributed by atoms with E-state index < -0.39 is 17.4 Å². The summed E-state index contributed by atoms with van der Waals surface area (Å²) in [6.07, 6.45) is 0.986. The second-order valence-electron chi connectivity index (χ2n) is 3.68. The molecule has 1 amide bonds. The first-order chi connectivity index (χ1) is 7.60.